The number of fused-ring (bicyclic) bond motifs is 1. The van der Waals surface area contributed by atoms with E-state index in [1.165, 1.54) is 6.07 Å². The van der Waals surface area contributed by atoms with E-state index in [0.29, 0.717) is 35.6 Å². The Balaban J connectivity index is 1.14. The summed E-state index contributed by atoms with van der Waals surface area (Å²) in [6, 6.07) is 9.94. The van der Waals surface area contributed by atoms with Gasteiger partial charge in [-0.1, -0.05) is 17.7 Å². The first-order chi connectivity index (χ1) is 18.0. The minimum absolute atomic E-state index is 0.247. The Hall–Kier alpha value is -3.32. The molecule has 1 aromatic carbocycles. The van der Waals surface area contributed by atoms with E-state index in [1.54, 1.807) is 18.5 Å². The summed E-state index contributed by atoms with van der Waals surface area (Å²) in [6.45, 7) is 5.16. The number of nitrogens with one attached hydrogen (secondary N) is 1. The molecule has 0 radical (unpaired) electrons. The highest BCUT2D eigenvalue weighted by Gasteiger charge is 2.48. The molecule has 2 atom stereocenters. The van der Waals surface area contributed by atoms with Crippen LogP contribution in [-0.2, 0) is 12.1 Å². The molecular formula is C27H28ClFN8. The second-order valence-electron chi connectivity index (χ2n) is 10.3. The average Bonchev–Trinajstić information content (AvgIpc) is 3.54. The molecule has 0 aliphatic carbocycles. The average molecular weight is 519 g/mol. The van der Waals surface area contributed by atoms with Gasteiger partial charge in [0.2, 0.25) is 0 Å². The van der Waals surface area contributed by atoms with E-state index in [-0.39, 0.29) is 11.4 Å². The molecule has 4 aromatic rings. The van der Waals surface area contributed by atoms with Gasteiger partial charge in [-0.3, -0.25) is 14.5 Å². The van der Waals surface area contributed by atoms with E-state index in [1.807, 2.05) is 29.3 Å². The summed E-state index contributed by atoms with van der Waals surface area (Å²) in [5.74, 6) is -0.247. The molecule has 5 heterocycles. The van der Waals surface area contributed by atoms with E-state index in [4.69, 9.17) is 11.6 Å². The number of likely N-dealkylation sites (tertiary alicyclic amines) is 2. The topological polar surface area (TPSA) is 89.7 Å². The summed E-state index contributed by atoms with van der Waals surface area (Å²) < 4.78 is 16.3. The van der Waals surface area contributed by atoms with Crippen molar-refractivity contribution in [2.45, 2.75) is 50.4 Å². The van der Waals surface area contributed by atoms with Crippen molar-refractivity contribution in [3.63, 3.8) is 0 Å². The molecule has 8 nitrogen and oxygen atoms in total. The second-order valence-corrected chi connectivity index (χ2v) is 10.7. The van der Waals surface area contributed by atoms with Gasteiger partial charge in [-0.05, 0) is 38.0 Å². The van der Waals surface area contributed by atoms with Crippen LogP contribution in [0.4, 0.5) is 4.39 Å². The highest BCUT2D eigenvalue weighted by atomic mass is 35.5. The maximum Gasteiger partial charge on any atom is 0.141 e. The van der Waals surface area contributed by atoms with E-state index in [9.17, 15) is 9.65 Å². The van der Waals surface area contributed by atoms with Crippen LogP contribution in [0, 0.1) is 17.1 Å². The second kappa shape index (κ2) is 9.53. The molecule has 1 N–H and O–H groups in total. The van der Waals surface area contributed by atoms with Crippen LogP contribution in [0.2, 0.25) is 5.02 Å². The number of nitrogens with zero attached hydrogens (tertiary/aromatic N) is 7. The fourth-order valence-corrected chi connectivity index (χ4v) is 6.13. The number of benzene rings is 1. The maximum absolute atomic E-state index is 14.3. The molecular weight excluding hydrogens is 491 g/mol. The van der Waals surface area contributed by atoms with Crippen LogP contribution in [0.3, 0.4) is 0 Å². The Bertz CT molecular complexity index is 1450. The van der Waals surface area contributed by atoms with Gasteiger partial charge < -0.3 is 4.98 Å². The first-order valence-corrected chi connectivity index (χ1v) is 13.0. The molecule has 1 unspecified atom stereocenters. The Kier molecular flexibility index (Phi) is 6.19. The van der Waals surface area contributed by atoms with E-state index in [0.717, 1.165) is 54.8 Å². The number of halogens is 2. The number of hydrogen-bond acceptors (Lipinski definition) is 6. The van der Waals surface area contributed by atoms with Gasteiger partial charge in [0.05, 0.1) is 24.4 Å². The minimum Gasteiger partial charge on any atom is -0.346 e. The van der Waals surface area contributed by atoms with Crippen LogP contribution >= 0.6 is 11.6 Å². The van der Waals surface area contributed by atoms with Gasteiger partial charge >= 0.3 is 0 Å². The molecule has 3 aromatic heterocycles. The van der Waals surface area contributed by atoms with E-state index < -0.39 is 0 Å². The number of piperidine rings is 1. The Labute approximate surface area is 219 Å². The van der Waals surface area contributed by atoms with Crippen LogP contribution in [-0.4, -0.2) is 66.3 Å². The van der Waals surface area contributed by atoms with Crippen LogP contribution in [0.15, 0.2) is 49.2 Å². The molecule has 0 spiro atoms. The molecule has 2 fully saturated rings. The van der Waals surface area contributed by atoms with Gasteiger partial charge in [-0.2, -0.15) is 10.4 Å². The SMILES string of the molecule is C[C@H]1CC(N2CC(CC#N)(n3cc(-c4ncnc5[nH]ccc45)cn3)C2)CCN1Cc1c(F)cccc1Cl. The lowest BCUT2D eigenvalue weighted by Crippen LogP contribution is -2.66. The molecule has 2 aliphatic rings. The summed E-state index contributed by atoms with van der Waals surface area (Å²) in [5.41, 5.74) is 2.75. The van der Waals surface area contributed by atoms with Crippen molar-refractivity contribution in [2.75, 3.05) is 19.6 Å². The Morgan fingerprint density at radius 3 is 2.92 bits per heavy atom. The minimum atomic E-state index is -0.349. The number of nitriles is 1. The molecule has 0 saturated carbocycles. The van der Waals surface area contributed by atoms with Crippen molar-refractivity contribution in [1.82, 2.24) is 34.5 Å². The lowest BCUT2D eigenvalue weighted by molar-refractivity contribution is -0.0520. The Morgan fingerprint density at radius 1 is 1.27 bits per heavy atom. The van der Waals surface area contributed by atoms with Crippen molar-refractivity contribution in [3.8, 4) is 17.3 Å². The summed E-state index contributed by atoms with van der Waals surface area (Å²) >= 11 is 6.27. The first-order valence-electron chi connectivity index (χ1n) is 12.6. The molecule has 0 bridgehead atoms. The number of hydrogen-bond donors (Lipinski definition) is 1. The Morgan fingerprint density at radius 2 is 2.14 bits per heavy atom. The molecule has 2 saturated heterocycles. The fraction of sp³-hybridized carbons (Fsp3) is 0.407. The third-order valence-electron chi connectivity index (χ3n) is 8.02. The van der Waals surface area contributed by atoms with Crippen molar-refractivity contribution < 1.29 is 4.39 Å². The van der Waals surface area contributed by atoms with E-state index in [2.05, 4.69) is 42.8 Å². The van der Waals surface area contributed by atoms with Crippen molar-refractivity contribution in [2.24, 2.45) is 0 Å². The number of aromatic amines is 1. The van der Waals surface area contributed by atoms with Crippen LogP contribution in [0.5, 0.6) is 0 Å². The van der Waals surface area contributed by atoms with E-state index >= 15 is 0 Å². The monoisotopic (exact) mass is 518 g/mol. The van der Waals surface area contributed by atoms with Gasteiger partial charge in [0.1, 0.15) is 23.3 Å². The van der Waals surface area contributed by atoms with Gasteiger partial charge in [0.25, 0.3) is 0 Å². The van der Waals surface area contributed by atoms with Gasteiger partial charge in [0, 0.05) is 72.2 Å². The number of H-pyrrole nitrogens is 1. The highest BCUT2D eigenvalue weighted by Crippen LogP contribution is 2.38. The lowest BCUT2D eigenvalue weighted by atomic mass is 9.83. The quantitative estimate of drug-likeness (QED) is 0.401. The van der Waals surface area contributed by atoms with Gasteiger partial charge in [0.15, 0.2) is 0 Å². The molecule has 37 heavy (non-hydrogen) atoms. The predicted molar refractivity (Wildman–Crippen MR) is 139 cm³/mol. The molecule has 2 aliphatic heterocycles. The molecule has 10 heteroatoms. The summed E-state index contributed by atoms with van der Waals surface area (Å²) in [6.07, 6.45) is 9.62. The van der Waals surface area contributed by atoms with Crippen molar-refractivity contribution >= 4 is 22.6 Å². The fourth-order valence-electron chi connectivity index (χ4n) is 5.91. The maximum atomic E-state index is 14.3. The first kappa shape index (κ1) is 24.0. The van der Waals surface area contributed by atoms with Crippen LogP contribution < -0.4 is 0 Å². The third-order valence-corrected chi connectivity index (χ3v) is 8.38. The molecule has 6 rings (SSSR count). The number of rotatable bonds is 6. The van der Waals surface area contributed by atoms with Crippen LogP contribution in [0.25, 0.3) is 22.3 Å². The zero-order valence-electron chi connectivity index (χ0n) is 20.6. The normalized spacial score (nSPS) is 22.1. The molecule has 0 amide bonds. The zero-order valence-corrected chi connectivity index (χ0v) is 21.4. The highest BCUT2D eigenvalue weighted by molar-refractivity contribution is 6.31. The van der Waals surface area contributed by atoms with Gasteiger partial charge in [-0.15, -0.1) is 0 Å². The predicted octanol–water partition coefficient (Wildman–Crippen LogP) is 4.59. The smallest absolute Gasteiger partial charge is 0.141 e. The van der Waals surface area contributed by atoms with Gasteiger partial charge in [-0.25, -0.2) is 14.4 Å². The third kappa shape index (κ3) is 4.29. The summed E-state index contributed by atoms with van der Waals surface area (Å²) in [7, 11) is 0. The standard InChI is InChI=1S/C27H28ClFN8/c1-18-11-20(6-10-35(18)14-22-23(28)3-2-4-24(22)29)36-15-27(16-36,7-8-30)37-13-19(12-34-37)25-21-5-9-31-26(21)33-17-32-25/h2-5,9,12-13,17-18,20H,6-7,10-11,14-16H2,1H3,(H,31,32,33)/t18-,20?/m0/s1. The number of aromatic nitrogens is 5. The lowest BCUT2D eigenvalue weighted by Gasteiger charge is -2.54. The summed E-state index contributed by atoms with van der Waals surface area (Å²) in [4.78, 5) is 16.7. The van der Waals surface area contributed by atoms with Crippen LogP contribution in [0.1, 0.15) is 31.7 Å². The zero-order chi connectivity index (χ0) is 25.6. The van der Waals surface area contributed by atoms with Crippen molar-refractivity contribution in [1.29, 1.82) is 5.26 Å². The van der Waals surface area contributed by atoms with Crippen molar-refractivity contribution in [3.05, 3.63) is 65.6 Å². The molecule has 190 valence electrons. The summed E-state index contributed by atoms with van der Waals surface area (Å²) in [5, 5.41) is 15.8. The largest absolute Gasteiger partial charge is 0.346 e.